The van der Waals surface area contributed by atoms with E-state index >= 15 is 0 Å². The fraction of sp³-hybridized carbons (Fsp3) is 0.657. The van der Waals surface area contributed by atoms with Gasteiger partial charge in [0.25, 0.3) is 0 Å². The Balaban J connectivity index is 0.00000291. The average molecular weight is 497 g/mol. The maximum atomic E-state index is 6.94. The molecule has 1 atom stereocenters. The molecule has 36 heavy (non-hydrogen) atoms. The summed E-state index contributed by atoms with van der Waals surface area (Å²) in [5.74, 6) is 0.728. The van der Waals surface area contributed by atoms with E-state index in [4.69, 9.17) is 4.74 Å². The lowest BCUT2D eigenvalue weighted by Gasteiger charge is -2.48. The molecule has 0 heterocycles. The van der Waals surface area contributed by atoms with E-state index in [1.165, 1.54) is 28.7 Å². The first kappa shape index (κ1) is 34.4. The molecular weight excluding hydrogens is 436 g/mol. The zero-order valence-electron chi connectivity index (χ0n) is 26.7. The highest BCUT2D eigenvalue weighted by molar-refractivity contribution is 5.31. The smallest absolute Gasteiger partial charge is 0.0724 e. The third-order valence-electron chi connectivity index (χ3n) is 7.69. The first-order valence-electron chi connectivity index (χ1n) is 14.5. The predicted octanol–water partition coefficient (Wildman–Crippen LogP) is 10.9. The lowest BCUT2D eigenvalue weighted by Crippen LogP contribution is -2.51. The molecule has 0 saturated heterocycles. The Bertz CT molecular complexity index is 851. The molecule has 2 aromatic carbocycles. The van der Waals surface area contributed by atoms with Crippen LogP contribution < -0.4 is 0 Å². The summed E-state index contributed by atoms with van der Waals surface area (Å²) in [7, 11) is 0. The topological polar surface area (TPSA) is 9.23 Å². The third-order valence-corrected chi connectivity index (χ3v) is 7.69. The zero-order chi connectivity index (χ0) is 28.4. The first-order valence-corrected chi connectivity index (χ1v) is 14.5. The summed E-state index contributed by atoms with van der Waals surface area (Å²) in [4.78, 5) is 0. The van der Waals surface area contributed by atoms with Crippen LogP contribution in [0.3, 0.4) is 0 Å². The Hall–Kier alpha value is -1.60. The van der Waals surface area contributed by atoms with E-state index in [0.717, 1.165) is 18.8 Å². The molecule has 0 radical (unpaired) electrons. The minimum atomic E-state index is -0.321. The quantitative estimate of drug-likeness (QED) is 0.318. The van der Waals surface area contributed by atoms with Crippen molar-refractivity contribution in [2.75, 3.05) is 0 Å². The van der Waals surface area contributed by atoms with E-state index in [1.54, 1.807) is 0 Å². The lowest BCUT2D eigenvalue weighted by atomic mass is 9.70. The molecule has 0 aliphatic rings. The van der Waals surface area contributed by atoms with Gasteiger partial charge in [-0.15, -0.1) is 0 Å². The Morgan fingerprint density at radius 1 is 0.694 bits per heavy atom. The van der Waals surface area contributed by atoms with E-state index in [1.807, 2.05) is 27.7 Å². The second kappa shape index (κ2) is 14.4. The summed E-state index contributed by atoms with van der Waals surface area (Å²) in [5, 5.41) is 0. The molecule has 206 valence electrons. The second-order valence-electron chi connectivity index (χ2n) is 12.3. The molecule has 0 spiro atoms. The standard InChI is InChI=1S/C31H48O.2C2H6/c1-12-23(2)21-25-15-19-27(20-16-25)30(8,9)31(10,11)32-29(6,7)22-28(4,5)26-17-13-24(3)14-18-26;2*1-2/h13-20,23H,12,21-22H2,1-11H3;2*1-2H3. The van der Waals surface area contributed by atoms with Crippen LogP contribution in [-0.2, 0) is 22.0 Å². The van der Waals surface area contributed by atoms with Crippen LogP contribution in [0.4, 0.5) is 0 Å². The van der Waals surface area contributed by atoms with Crippen LogP contribution >= 0.6 is 0 Å². The lowest BCUT2D eigenvalue weighted by molar-refractivity contribution is -0.161. The fourth-order valence-electron chi connectivity index (χ4n) is 4.98. The van der Waals surface area contributed by atoms with Gasteiger partial charge < -0.3 is 4.74 Å². The monoisotopic (exact) mass is 496 g/mol. The molecule has 0 aliphatic heterocycles. The van der Waals surface area contributed by atoms with Crippen molar-refractivity contribution in [3.63, 3.8) is 0 Å². The van der Waals surface area contributed by atoms with E-state index < -0.39 is 0 Å². The molecule has 0 saturated carbocycles. The minimum absolute atomic E-state index is 0.0367. The number of hydrogen-bond acceptors (Lipinski definition) is 1. The Morgan fingerprint density at radius 2 is 1.14 bits per heavy atom. The molecule has 1 heteroatoms. The summed E-state index contributed by atoms with van der Waals surface area (Å²) in [6.07, 6.45) is 3.33. The molecule has 0 N–H and O–H groups in total. The minimum Gasteiger partial charge on any atom is -0.369 e. The van der Waals surface area contributed by atoms with Crippen molar-refractivity contribution in [2.24, 2.45) is 5.92 Å². The number of benzene rings is 2. The van der Waals surface area contributed by atoms with Gasteiger partial charge in [-0.2, -0.15) is 0 Å². The summed E-state index contributed by atoms with van der Waals surface area (Å²) in [5.41, 5.74) is 4.78. The van der Waals surface area contributed by atoms with Crippen LogP contribution in [0.15, 0.2) is 48.5 Å². The maximum absolute atomic E-state index is 6.94. The average Bonchev–Trinajstić information content (AvgIpc) is 2.80. The number of rotatable bonds is 10. The molecule has 1 nitrogen and oxygen atoms in total. The molecule has 2 rings (SSSR count). The van der Waals surface area contributed by atoms with Gasteiger partial charge in [-0.05, 0) is 75.5 Å². The van der Waals surface area contributed by atoms with Crippen LogP contribution in [0.25, 0.3) is 0 Å². The van der Waals surface area contributed by atoms with Gasteiger partial charge in [-0.3, -0.25) is 0 Å². The number of hydrogen-bond donors (Lipinski definition) is 0. The first-order chi connectivity index (χ1) is 16.6. The van der Waals surface area contributed by atoms with Crippen molar-refractivity contribution in [1.82, 2.24) is 0 Å². The van der Waals surface area contributed by atoms with Crippen LogP contribution in [0.5, 0.6) is 0 Å². The van der Waals surface area contributed by atoms with Crippen molar-refractivity contribution in [3.05, 3.63) is 70.8 Å². The Morgan fingerprint density at radius 3 is 1.58 bits per heavy atom. The summed E-state index contributed by atoms with van der Waals surface area (Å²) in [6.45, 7) is 33.0. The normalized spacial score (nSPS) is 13.2. The summed E-state index contributed by atoms with van der Waals surface area (Å²) < 4.78 is 6.94. The van der Waals surface area contributed by atoms with E-state index in [0.29, 0.717) is 0 Å². The SMILES string of the molecule is CC.CC.CCC(C)Cc1ccc(C(C)(C)C(C)(C)OC(C)(C)CC(C)(C)c2ccc(C)cc2)cc1. The summed E-state index contributed by atoms with van der Waals surface area (Å²) in [6, 6.07) is 18.2. The highest BCUT2D eigenvalue weighted by Crippen LogP contribution is 2.43. The van der Waals surface area contributed by atoms with Crippen LogP contribution in [-0.4, -0.2) is 11.2 Å². The van der Waals surface area contributed by atoms with E-state index in [-0.39, 0.29) is 22.0 Å². The highest BCUT2D eigenvalue weighted by atomic mass is 16.5. The largest absolute Gasteiger partial charge is 0.369 e. The van der Waals surface area contributed by atoms with Gasteiger partial charge in [-0.25, -0.2) is 0 Å². The van der Waals surface area contributed by atoms with Gasteiger partial charge in [-0.1, -0.05) is 130 Å². The zero-order valence-corrected chi connectivity index (χ0v) is 26.7. The van der Waals surface area contributed by atoms with E-state index in [2.05, 4.69) is 125 Å². The van der Waals surface area contributed by atoms with Crippen LogP contribution in [0, 0.1) is 12.8 Å². The highest BCUT2D eigenvalue weighted by Gasteiger charge is 2.44. The van der Waals surface area contributed by atoms with E-state index in [9.17, 15) is 0 Å². The summed E-state index contributed by atoms with van der Waals surface area (Å²) >= 11 is 0. The van der Waals surface area contributed by atoms with Crippen LogP contribution in [0.2, 0.25) is 0 Å². The molecule has 0 aromatic heterocycles. The molecule has 2 aromatic rings. The molecule has 1 unspecified atom stereocenters. The Labute approximate surface area is 226 Å². The second-order valence-corrected chi connectivity index (χ2v) is 12.3. The van der Waals surface area contributed by atoms with Crippen molar-refractivity contribution < 1.29 is 4.74 Å². The number of aryl methyl sites for hydroxylation is 1. The van der Waals surface area contributed by atoms with Crippen LogP contribution in [0.1, 0.15) is 132 Å². The fourth-order valence-corrected chi connectivity index (χ4v) is 4.98. The van der Waals surface area contributed by atoms with Gasteiger partial charge in [0.2, 0.25) is 0 Å². The van der Waals surface area contributed by atoms with Crippen molar-refractivity contribution in [2.45, 2.75) is 145 Å². The Kier molecular flexibility index (Phi) is 13.7. The van der Waals surface area contributed by atoms with Gasteiger partial charge in [0, 0.05) is 5.41 Å². The molecule has 0 amide bonds. The van der Waals surface area contributed by atoms with Crippen molar-refractivity contribution in [3.8, 4) is 0 Å². The van der Waals surface area contributed by atoms with Gasteiger partial charge >= 0.3 is 0 Å². The van der Waals surface area contributed by atoms with Gasteiger partial charge in [0.05, 0.1) is 11.2 Å². The van der Waals surface area contributed by atoms with Gasteiger partial charge in [0.15, 0.2) is 0 Å². The molecular formula is C35H60O. The molecule has 0 fully saturated rings. The molecule has 0 aliphatic carbocycles. The predicted molar refractivity (Wildman–Crippen MR) is 163 cm³/mol. The maximum Gasteiger partial charge on any atom is 0.0724 e. The van der Waals surface area contributed by atoms with Gasteiger partial charge in [0.1, 0.15) is 0 Å². The third kappa shape index (κ3) is 9.70. The molecule has 0 bridgehead atoms. The van der Waals surface area contributed by atoms with Crippen molar-refractivity contribution in [1.29, 1.82) is 0 Å². The number of ether oxygens (including phenoxy) is 1. The van der Waals surface area contributed by atoms with Crippen molar-refractivity contribution >= 4 is 0 Å².